The van der Waals surface area contributed by atoms with Crippen molar-refractivity contribution in [2.45, 2.75) is 23.2 Å². The number of hydrogen-bond acceptors (Lipinski definition) is 5. The monoisotopic (exact) mass is 216 g/mol. The van der Waals surface area contributed by atoms with Gasteiger partial charge >= 0.3 is 12.1 Å². The summed E-state index contributed by atoms with van der Waals surface area (Å²) in [5.41, 5.74) is 0. The number of carbonyl (C=O) groups excluding carboxylic acids is 2. The molecule has 6 heteroatoms. The highest BCUT2D eigenvalue weighted by Crippen LogP contribution is 2.43. The number of rotatable bonds is 0. The van der Waals surface area contributed by atoms with Gasteiger partial charge in [-0.2, -0.15) is 0 Å². The van der Waals surface area contributed by atoms with E-state index < -0.39 is 35.3 Å². The lowest BCUT2D eigenvalue weighted by Gasteiger charge is -2.40. The van der Waals surface area contributed by atoms with Crippen molar-refractivity contribution in [3.05, 3.63) is 12.2 Å². The van der Waals surface area contributed by atoms with Gasteiger partial charge in [0.25, 0.3) is 0 Å². The average Bonchev–Trinajstić information content (AvgIpc) is 2.52. The van der Waals surface area contributed by atoms with Gasteiger partial charge < -0.3 is 14.2 Å². The van der Waals surface area contributed by atoms with Gasteiger partial charge in [-0.05, 0) is 12.2 Å². The lowest BCUT2D eigenvalue weighted by molar-refractivity contribution is -0.167. The minimum absolute atomic E-state index is 0.570. The zero-order chi connectivity index (χ0) is 9.92. The van der Waals surface area contributed by atoms with E-state index in [2.05, 4.69) is 0 Å². The van der Waals surface area contributed by atoms with Crippen LogP contribution in [0.15, 0.2) is 12.2 Å². The highest BCUT2D eigenvalue weighted by atomic mass is 35.5. The van der Waals surface area contributed by atoms with Crippen molar-refractivity contribution in [3.8, 4) is 0 Å². The smallest absolute Gasteiger partial charge is 0.452 e. The largest absolute Gasteiger partial charge is 0.509 e. The van der Waals surface area contributed by atoms with Crippen LogP contribution in [-0.4, -0.2) is 35.3 Å². The predicted octanol–water partition coefficient (Wildman–Crippen LogP) is 0.363. The van der Waals surface area contributed by atoms with Crippen LogP contribution in [0.1, 0.15) is 0 Å². The van der Waals surface area contributed by atoms with Crippen LogP contribution in [0.4, 0.5) is 4.79 Å². The molecule has 2 bridgehead atoms. The second-order valence-electron chi connectivity index (χ2n) is 3.37. The Balaban J connectivity index is 2.09. The quantitative estimate of drug-likeness (QED) is 0.332. The molecule has 4 aliphatic rings. The Morgan fingerprint density at radius 2 is 2.07 bits per heavy atom. The van der Waals surface area contributed by atoms with Gasteiger partial charge in [0.1, 0.15) is 0 Å². The zero-order valence-corrected chi connectivity index (χ0v) is 7.56. The molecule has 5 nitrogen and oxygen atoms in total. The number of fused-ring (bicyclic) bond motifs is 1. The number of alkyl halides is 1. The van der Waals surface area contributed by atoms with Crippen LogP contribution in [-0.2, 0) is 19.0 Å². The lowest BCUT2D eigenvalue weighted by atomic mass is 9.85. The summed E-state index contributed by atoms with van der Waals surface area (Å²) >= 11 is 6.00. The van der Waals surface area contributed by atoms with Crippen LogP contribution in [0.25, 0.3) is 0 Å². The van der Waals surface area contributed by atoms with E-state index in [9.17, 15) is 9.59 Å². The van der Waals surface area contributed by atoms with Crippen LogP contribution in [0.5, 0.6) is 0 Å². The highest BCUT2D eigenvalue weighted by molar-refractivity contribution is 6.37. The molecule has 3 aliphatic heterocycles. The Kier molecular flexibility index (Phi) is 1.29. The summed E-state index contributed by atoms with van der Waals surface area (Å²) in [4.78, 5) is 20.8. The maximum Gasteiger partial charge on any atom is 0.509 e. The van der Waals surface area contributed by atoms with E-state index >= 15 is 0 Å². The van der Waals surface area contributed by atoms with Crippen molar-refractivity contribution in [2.75, 3.05) is 0 Å². The first-order valence-electron chi connectivity index (χ1n) is 4.08. The van der Waals surface area contributed by atoms with E-state index in [0.717, 1.165) is 0 Å². The van der Waals surface area contributed by atoms with Gasteiger partial charge in [0.15, 0.2) is 18.3 Å². The van der Waals surface area contributed by atoms with Crippen molar-refractivity contribution in [2.24, 2.45) is 0 Å². The van der Waals surface area contributed by atoms with Gasteiger partial charge in [0.05, 0.1) is 0 Å². The Labute approximate surface area is 83.6 Å². The summed E-state index contributed by atoms with van der Waals surface area (Å²) in [7, 11) is 0. The first kappa shape index (κ1) is 8.11. The minimum atomic E-state index is -1.41. The third-order valence-corrected chi connectivity index (χ3v) is 3.07. The molecule has 0 radical (unpaired) electrons. The van der Waals surface area contributed by atoms with Crippen LogP contribution >= 0.6 is 11.6 Å². The molecule has 0 amide bonds. The molecule has 3 heterocycles. The molecule has 74 valence electrons. The normalized spacial score (nSPS) is 48.2. The summed E-state index contributed by atoms with van der Waals surface area (Å²) in [5.74, 6) is -0.591. The molecule has 0 unspecified atom stereocenters. The third-order valence-electron chi connectivity index (χ3n) is 2.58. The van der Waals surface area contributed by atoms with Gasteiger partial charge in [-0.3, -0.25) is 0 Å². The number of carbonyl (C=O) groups is 2. The average molecular weight is 217 g/mol. The molecule has 0 spiro atoms. The van der Waals surface area contributed by atoms with Crippen molar-refractivity contribution in [1.29, 1.82) is 0 Å². The number of esters is 1. The molecule has 0 N–H and O–H groups in total. The Morgan fingerprint density at radius 3 is 2.79 bits per heavy atom. The molecule has 2 saturated heterocycles. The van der Waals surface area contributed by atoms with Crippen LogP contribution in [0.2, 0.25) is 0 Å². The maximum absolute atomic E-state index is 11.4. The summed E-state index contributed by atoms with van der Waals surface area (Å²) in [6.07, 6.45) is 0.346. The molecule has 14 heavy (non-hydrogen) atoms. The summed E-state index contributed by atoms with van der Waals surface area (Å²) in [5, 5.41) is 0. The fraction of sp³-hybridized carbons (Fsp3) is 0.500. The Bertz CT molecular complexity index is 365. The van der Waals surface area contributed by atoms with Crippen LogP contribution in [0.3, 0.4) is 0 Å². The summed E-state index contributed by atoms with van der Waals surface area (Å²) in [6.45, 7) is 0. The van der Waals surface area contributed by atoms with Crippen LogP contribution in [0, 0.1) is 0 Å². The van der Waals surface area contributed by atoms with Crippen LogP contribution < -0.4 is 0 Å². The van der Waals surface area contributed by atoms with Crippen molar-refractivity contribution >= 4 is 23.7 Å². The standard InChI is InChI=1S/C8H5ClO5/c9-8-2-1-3(12-6(8)10)4-5(8)14-7(11)13-4/h1-5H/t3-,4+,5+,8-/m1/s1. The number of halogens is 1. The summed E-state index contributed by atoms with van der Waals surface area (Å²) < 4.78 is 14.6. The van der Waals surface area contributed by atoms with E-state index in [1.807, 2.05) is 0 Å². The van der Waals surface area contributed by atoms with Crippen molar-refractivity contribution in [1.82, 2.24) is 0 Å². The third kappa shape index (κ3) is 0.760. The van der Waals surface area contributed by atoms with Gasteiger partial charge in [0.2, 0.25) is 4.87 Å². The van der Waals surface area contributed by atoms with E-state index in [4.69, 9.17) is 25.8 Å². The van der Waals surface area contributed by atoms with Crippen molar-refractivity contribution in [3.63, 3.8) is 0 Å². The maximum atomic E-state index is 11.4. The molecule has 0 aromatic carbocycles. The SMILES string of the molecule is O=C1O[C@H]2[C@H]3C=C[C@](Cl)(C(=O)O3)[C@H]2O1. The van der Waals surface area contributed by atoms with E-state index in [1.165, 1.54) is 6.08 Å². The van der Waals surface area contributed by atoms with Gasteiger partial charge in [0, 0.05) is 0 Å². The molecule has 4 rings (SSSR count). The lowest BCUT2D eigenvalue weighted by Crippen LogP contribution is -2.61. The van der Waals surface area contributed by atoms with E-state index in [-0.39, 0.29) is 0 Å². The second kappa shape index (κ2) is 2.23. The topological polar surface area (TPSA) is 61.8 Å². The second-order valence-corrected chi connectivity index (χ2v) is 3.99. The molecule has 0 aromatic heterocycles. The first-order chi connectivity index (χ1) is 6.61. The molecule has 0 aromatic rings. The fourth-order valence-corrected chi connectivity index (χ4v) is 2.17. The fourth-order valence-electron chi connectivity index (χ4n) is 1.88. The molecule has 1 aliphatic carbocycles. The number of ether oxygens (including phenoxy) is 3. The van der Waals surface area contributed by atoms with Gasteiger partial charge in [-0.1, -0.05) is 11.6 Å². The van der Waals surface area contributed by atoms with Gasteiger partial charge in [-0.15, -0.1) is 0 Å². The van der Waals surface area contributed by atoms with E-state index in [0.29, 0.717) is 0 Å². The Hall–Kier alpha value is -1.23. The Morgan fingerprint density at radius 1 is 1.29 bits per heavy atom. The molecular formula is C8H5ClO5. The first-order valence-corrected chi connectivity index (χ1v) is 4.46. The molecule has 4 atom stereocenters. The minimum Gasteiger partial charge on any atom is -0.452 e. The molecule has 0 saturated carbocycles. The van der Waals surface area contributed by atoms with E-state index in [1.54, 1.807) is 6.08 Å². The van der Waals surface area contributed by atoms with Gasteiger partial charge in [-0.25, -0.2) is 9.59 Å². The van der Waals surface area contributed by atoms with Crippen molar-refractivity contribution < 1.29 is 23.8 Å². The zero-order valence-electron chi connectivity index (χ0n) is 6.81. The molecule has 2 fully saturated rings. The summed E-state index contributed by atoms with van der Waals surface area (Å²) in [6, 6.07) is 0. The number of hydrogen-bond donors (Lipinski definition) is 0. The molecular weight excluding hydrogens is 212 g/mol. The highest BCUT2D eigenvalue weighted by Gasteiger charge is 2.64. The predicted molar refractivity (Wildman–Crippen MR) is 42.7 cm³/mol.